The first-order valence-electron chi connectivity index (χ1n) is 5.08. The summed E-state index contributed by atoms with van der Waals surface area (Å²) in [4.78, 5) is 16.1. The third kappa shape index (κ3) is 2.29. The number of hydrogen-bond acceptors (Lipinski definition) is 2. The van der Waals surface area contributed by atoms with E-state index in [1.54, 1.807) is 0 Å². The van der Waals surface area contributed by atoms with Crippen molar-refractivity contribution in [2.75, 3.05) is 0 Å². The van der Waals surface area contributed by atoms with Gasteiger partial charge in [-0.05, 0) is 19.1 Å². The number of benzene rings is 1. The molecular formula is C13H11ClN2O. The van der Waals surface area contributed by atoms with Crippen LogP contribution in [0.5, 0.6) is 0 Å². The van der Waals surface area contributed by atoms with E-state index >= 15 is 0 Å². The summed E-state index contributed by atoms with van der Waals surface area (Å²) >= 11 is 5.75. The monoisotopic (exact) mass is 246 g/mol. The predicted octanol–water partition coefficient (Wildman–Crippen LogP) is 2.75. The van der Waals surface area contributed by atoms with Gasteiger partial charge in [0.2, 0.25) is 0 Å². The summed E-state index contributed by atoms with van der Waals surface area (Å²) in [7, 11) is 0. The Morgan fingerprint density at radius 1 is 1.35 bits per heavy atom. The Balaban J connectivity index is 2.61. The highest BCUT2D eigenvalue weighted by Crippen LogP contribution is 2.12. The van der Waals surface area contributed by atoms with Crippen LogP contribution in [0.15, 0.2) is 48.2 Å². The quantitative estimate of drug-likeness (QED) is 0.817. The van der Waals surface area contributed by atoms with Crippen molar-refractivity contribution >= 4 is 16.6 Å². The minimum Gasteiger partial charge on any atom is -0.268 e. The molecular weight excluding hydrogens is 236 g/mol. The highest BCUT2D eigenvalue weighted by Gasteiger charge is 2.06. The molecule has 1 aromatic carbocycles. The van der Waals surface area contributed by atoms with Crippen molar-refractivity contribution in [1.82, 2.24) is 9.55 Å². The largest absolute Gasteiger partial charge is 0.268 e. The second-order valence-corrected chi connectivity index (χ2v) is 4.18. The highest BCUT2D eigenvalue weighted by atomic mass is 35.5. The Morgan fingerprint density at radius 3 is 2.59 bits per heavy atom. The molecule has 86 valence electrons. The number of rotatable bonds is 2. The van der Waals surface area contributed by atoms with E-state index in [1.165, 1.54) is 17.1 Å². The first-order chi connectivity index (χ1) is 8.09. The summed E-state index contributed by atoms with van der Waals surface area (Å²) in [6.45, 7) is 5.54. The van der Waals surface area contributed by atoms with Gasteiger partial charge in [-0.25, -0.2) is 4.98 Å². The van der Waals surface area contributed by atoms with Gasteiger partial charge in [0.05, 0.1) is 11.3 Å². The third-order valence-electron chi connectivity index (χ3n) is 2.44. The number of nitrogens with zero attached hydrogens (tertiary/aromatic N) is 2. The molecule has 0 saturated heterocycles. The molecule has 0 N–H and O–H groups in total. The first-order valence-corrected chi connectivity index (χ1v) is 5.46. The third-order valence-corrected chi connectivity index (χ3v) is 2.64. The first kappa shape index (κ1) is 11.6. The molecule has 0 bridgehead atoms. The Labute approximate surface area is 104 Å². The molecule has 2 rings (SSSR count). The van der Waals surface area contributed by atoms with Crippen LogP contribution in [-0.2, 0) is 0 Å². The fraction of sp³-hybridized carbons (Fsp3) is 0.0769. The van der Waals surface area contributed by atoms with Gasteiger partial charge in [-0.1, -0.05) is 35.9 Å². The molecule has 0 amide bonds. The number of hydrogen-bond donors (Lipinski definition) is 0. The van der Waals surface area contributed by atoms with Gasteiger partial charge in [0.1, 0.15) is 6.33 Å². The van der Waals surface area contributed by atoms with E-state index in [-0.39, 0.29) is 10.6 Å². The molecule has 17 heavy (non-hydrogen) atoms. The van der Waals surface area contributed by atoms with Gasteiger partial charge in [-0.2, -0.15) is 0 Å². The van der Waals surface area contributed by atoms with E-state index in [0.29, 0.717) is 5.56 Å². The maximum Gasteiger partial charge on any atom is 0.266 e. The lowest BCUT2D eigenvalue weighted by atomic mass is 10.2. The fourth-order valence-corrected chi connectivity index (χ4v) is 1.62. The summed E-state index contributed by atoms with van der Waals surface area (Å²) in [5.74, 6) is 0. The molecule has 0 radical (unpaired) electrons. The van der Waals surface area contributed by atoms with Crippen LogP contribution in [-0.4, -0.2) is 9.55 Å². The zero-order valence-corrected chi connectivity index (χ0v) is 10.1. The van der Waals surface area contributed by atoms with E-state index in [0.717, 1.165) is 11.3 Å². The van der Waals surface area contributed by atoms with E-state index < -0.39 is 0 Å². The molecule has 0 aliphatic carbocycles. The van der Waals surface area contributed by atoms with Crippen LogP contribution in [0.4, 0.5) is 0 Å². The van der Waals surface area contributed by atoms with Crippen LogP contribution in [0.2, 0.25) is 0 Å². The SMILES string of the molecule is C=C(Cl)c1cncn(-c2ccc(C)cc2)c1=O. The van der Waals surface area contributed by atoms with Crippen molar-refractivity contribution in [3.8, 4) is 5.69 Å². The van der Waals surface area contributed by atoms with Gasteiger partial charge in [-0.3, -0.25) is 9.36 Å². The van der Waals surface area contributed by atoms with E-state index in [4.69, 9.17) is 11.6 Å². The van der Waals surface area contributed by atoms with Crippen LogP contribution in [0.25, 0.3) is 10.7 Å². The Kier molecular flexibility index (Phi) is 3.11. The minimum absolute atomic E-state index is 0.198. The molecule has 4 heteroatoms. The van der Waals surface area contributed by atoms with Crippen molar-refractivity contribution in [1.29, 1.82) is 0 Å². The number of aromatic nitrogens is 2. The molecule has 1 heterocycles. The van der Waals surface area contributed by atoms with Crippen LogP contribution in [0.1, 0.15) is 11.1 Å². The average Bonchev–Trinajstić information content (AvgIpc) is 2.30. The van der Waals surface area contributed by atoms with Crippen molar-refractivity contribution in [3.05, 3.63) is 64.8 Å². The van der Waals surface area contributed by atoms with Gasteiger partial charge >= 0.3 is 0 Å². The van der Waals surface area contributed by atoms with E-state index in [9.17, 15) is 4.79 Å². The summed E-state index contributed by atoms with van der Waals surface area (Å²) < 4.78 is 1.45. The minimum atomic E-state index is -0.219. The zero-order valence-electron chi connectivity index (χ0n) is 9.35. The summed E-state index contributed by atoms with van der Waals surface area (Å²) in [6.07, 6.45) is 2.89. The van der Waals surface area contributed by atoms with Crippen molar-refractivity contribution in [2.45, 2.75) is 6.92 Å². The maximum absolute atomic E-state index is 12.1. The topological polar surface area (TPSA) is 34.9 Å². The second kappa shape index (κ2) is 4.55. The lowest BCUT2D eigenvalue weighted by Crippen LogP contribution is -2.21. The van der Waals surface area contributed by atoms with Gasteiger partial charge in [0, 0.05) is 11.2 Å². The Morgan fingerprint density at radius 2 is 2.00 bits per heavy atom. The van der Waals surface area contributed by atoms with Gasteiger partial charge in [0.15, 0.2) is 0 Å². The van der Waals surface area contributed by atoms with Gasteiger partial charge in [-0.15, -0.1) is 0 Å². The van der Waals surface area contributed by atoms with Crippen LogP contribution in [0, 0.1) is 6.92 Å². The van der Waals surface area contributed by atoms with Crippen molar-refractivity contribution in [3.63, 3.8) is 0 Å². The van der Waals surface area contributed by atoms with E-state index in [1.807, 2.05) is 31.2 Å². The molecule has 3 nitrogen and oxygen atoms in total. The summed E-state index contributed by atoms with van der Waals surface area (Å²) in [5.41, 5.74) is 1.99. The normalized spacial score (nSPS) is 10.2. The molecule has 2 aromatic rings. The molecule has 0 saturated carbocycles. The van der Waals surface area contributed by atoms with Crippen molar-refractivity contribution in [2.24, 2.45) is 0 Å². The molecule has 0 aliphatic rings. The lowest BCUT2D eigenvalue weighted by molar-refractivity contribution is 0.929. The smallest absolute Gasteiger partial charge is 0.266 e. The Bertz CT molecular complexity index is 614. The van der Waals surface area contributed by atoms with Crippen LogP contribution < -0.4 is 5.56 Å². The standard InChI is InChI=1S/C13H11ClN2O/c1-9-3-5-11(6-4-9)16-8-15-7-12(10(2)14)13(16)17/h3-8H,2H2,1H3. The fourth-order valence-electron chi connectivity index (χ4n) is 1.49. The van der Waals surface area contributed by atoms with Gasteiger partial charge in [0.25, 0.3) is 5.56 Å². The lowest BCUT2D eigenvalue weighted by Gasteiger charge is -2.06. The predicted molar refractivity (Wildman–Crippen MR) is 69.5 cm³/mol. The molecule has 0 unspecified atom stereocenters. The molecule has 0 spiro atoms. The molecule has 0 aliphatic heterocycles. The van der Waals surface area contributed by atoms with E-state index in [2.05, 4.69) is 11.6 Å². The summed E-state index contributed by atoms with van der Waals surface area (Å²) in [5, 5.41) is 0.198. The summed E-state index contributed by atoms with van der Waals surface area (Å²) in [6, 6.07) is 7.59. The average molecular weight is 247 g/mol. The molecule has 0 fully saturated rings. The number of aryl methyl sites for hydroxylation is 1. The van der Waals surface area contributed by atoms with Crippen LogP contribution >= 0.6 is 11.6 Å². The number of halogens is 1. The highest BCUT2D eigenvalue weighted by molar-refractivity contribution is 6.48. The maximum atomic E-state index is 12.1. The molecule has 1 aromatic heterocycles. The van der Waals surface area contributed by atoms with Crippen LogP contribution in [0.3, 0.4) is 0 Å². The zero-order chi connectivity index (χ0) is 12.4. The van der Waals surface area contributed by atoms with Gasteiger partial charge < -0.3 is 0 Å². The molecule has 0 atom stereocenters. The Hall–Kier alpha value is -1.87. The van der Waals surface area contributed by atoms with Crippen molar-refractivity contribution < 1.29 is 0 Å². The second-order valence-electron chi connectivity index (χ2n) is 3.72.